The molecule has 1 heterocycles. The van der Waals surface area contributed by atoms with Gasteiger partial charge in [-0.1, -0.05) is 29.4 Å². The van der Waals surface area contributed by atoms with Gasteiger partial charge in [0.05, 0.1) is 5.02 Å². The fourth-order valence-corrected chi connectivity index (χ4v) is 3.36. The molecule has 0 aliphatic heterocycles. The summed E-state index contributed by atoms with van der Waals surface area (Å²) in [5.74, 6) is 0. The van der Waals surface area contributed by atoms with Gasteiger partial charge in [0, 0.05) is 28.2 Å². The van der Waals surface area contributed by atoms with Crippen LogP contribution in [0.3, 0.4) is 0 Å². The van der Waals surface area contributed by atoms with Crippen LogP contribution in [0.15, 0.2) is 50.9 Å². The lowest BCUT2D eigenvalue weighted by Crippen LogP contribution is -2.15. The summed E-state index contributed by atoms with van der Waals surface area (Å²) in [6.45, 7) is 0.938. The zero-order valence-corrected chi connectivity index (χ0v) is 13.9. The van der Waals surface area contributed by atoms with Crippen LogP contribution in [0.2, 0.25) is 5.02 Å². The maximum atomic E-state index is 5.84. The van der Waals surface area contributed by atoms with E-state index in [-0.39, 0.29) is 0 Å². The van der Waals surface area contributed by atoms with Gasteiger partial charge < -0.3 is 5.32 Å². The van der Waals surface area contributed by atoms with E-state index < -0.39 is 0 Å². The van der Waals surface area contributed by atoms with Gasteiger partial charge in [0.1, 0.15) is 5.03 Å². The van der Waals surface area contributed by atoms with Gasteiger partial charge in [0.2, 0.25) is 0 Å². The number of pyridine rings is 1. The summed E-state index contributed by atoms with van der Waals surface area (Å²) in [5.41, 5.74) is 1.30. The largest absolute Gasteiger partial charge is 0.310 e. The normalized spacial score (nSPS) is 14.5. The topological polar surface area (TPSA) is 24.9 Å². The lowest BCUT2D eigenvalue weighted by Gasteiger charge is -2.08. The van der Waals surface area contributed by atoms with Gasteiger partial charge in [-0.3, -0.25) is 0 Å². The van der Waals surface area contributed by atoms with Crippen LogP contribution < -0.4 is 5.32 Å². The first kappa shape index (κ1) is 14.4. The summed E-state index contributed by atoms with van der Waals surface area (Å²) in [5, 5.41) is 5.13. The minimum atomic E-state index is 0.662. The maximum Gasteiger partial charge on any atom is 0.101 e. The predicted octanol–water partition coefficient (Wildman–Crippen LogP) is 4.90. The van der Waals surface area contributed by atoms with Gasteiger partial charge in [-0.2, -0.15) is 0 Å². The van der Waals surface area contributed by atoms with Crippen LogP contribution in [0.5, 0.6) is 0 Å². The minimum Gasteiger partial charge on any atom is -0.310 e. The molecule has 0 amide bonds. The summed E-state index contributed by atoms with van der Waals surface area (Å²) in [4.78, 5) is 5.46. The average Bonchev–Trinajstić information content (AvgIpc) is 3.26. The molecule has 0 spiro atoms. The molecule has 5 heteroatoms. The van der Waals surface area contributed by atoms with E-state index in [9.17, 15) is 0 Å². The predicted molar refractivity (Wildman–Crippen MR) is 87.4 cm³/mol. The number of rotatable bonds is 5. The lowest BCUT2D eigenvalue weighted by atomic mass is 10.2. The van der Waals surface area contributed by atoms with E-state index in [2.05, 4.69) is 44.4 Å². The maximum absolute atomic E-state index is 5.84. The molecule has 0 bridgehead atoms. The van der Waals surface area contributed by atoms with Crippen molar-refractivity contribution in [1.82, 2.24) is 10.3 Å². The van der Waals surface area contributed by atoms with E-state index in [1.54, 1.807) is 18.0 Å². The van der Waals surface area contributed by atoms with E-state index in [0.717, 1.165) is 27.0 Å². The first-order chi connectivity index (χ1) is 9.70. The van der Waals surface area contributed by atoms with E-state index >= 15 is 0 Å². The molecule has 3 rings (SSSR count). The number of hydrogen-bond acceptors (Lipinski definition) is 3. The Labute approximate surface area is 136 Å². The van der Waals surface area contributed by atoms with E-state index in [0.29, 0.717) is 5.02 Å². The van der Waals surface area contributed by atoms with Crippen LogP contribution in [0.4, 0.5) is 0 Å². The van der Waals surface area contributed by atoms with E-state index in [4.69, 9.17) is 11.6 Å². The van der Waals surface area contributed by atoms with Gasteiger partial charge in [-0.15, -0.1) is 0 Å². The molecule has 1 saturated carbocycles. The molecule has 1 aliphatic rings. The number of halogens is 2. The molecule has 0 unspecified atom stereocenters. The molecular weight excluding hydrogens is 356 g/mol. The van der Waals surface area contributed by atoms with Crippen LogP contribution in [0.25, 0.3) is 0 Å². The Hall–Kier alpha value is -0.550. The Morgan fingerprint density at radius 2 is 2.15 bits per heavy atom. The Balaban J connectivity index is 1.68. The van der Waals surface area contributed by atoms with Crippen molar-refractivity contribution in [3.63, 3.8) is 0 Å². The van der Waals surface area contributed by atoms with Crippen molar-refractivity contribution in [3.8, 4) is 0 Å². The molecular formula is C15H14BrClN2S. The van der Waals surface area contributed by atoms with Gasteiger partial charge in [-0.25, -0.2) is 4.98 Å². The summed E-state index contributed by atoms with van der Waals surface area (Å²) >= 11 is 11.1. The highest BCUT2D eigenvalue weighted by molar-refractivity contribution is 9.10. The van der Waals surface area contributed by atoms with Gasteiger partial charge >= 0.3 is 0 Å². The van der Waals surface area contributed by atoms with Crippen molar-refractivity contribution in [2.45, 2.75) is 35.3 Å². The molecule has 1 aromatic heterocycles. The molecule has 0 saturated heterocycles. The zero-order valence-electron chi connectivity index (χ0n) is 10.8. The Morgan fingerprint density at radius 1 is 1.30 bits per heavy atom. The number of benzene rings is 1. The van der Waals surface area contributed by atoms with Gasteiger partial charge in [-0.05, 0) is 58.6 Å². The molecule has 1 N–H and O–H groups in total. The minimum absolute atomic E-state index is 0.662. The first-order valence-electron chi connectivity index (χ1n) is 6.52. The lowest BCUT2D eigenvalue weighted by molar-refractivity contribution is 0.687. The zero-order chi connectivity index (χ0) is 13.9. The van der Waals surface area contributed by atoms with Crippen LogP contribution in [0, 0.1) is 0 Å². The monoisotopic (exact) mass is 368 g/mol. The highest BCUT2D eigenvalue weighted by Gasteiger charge is 2.19. The van der Waals surface area contributed by atoms with E-state index in [1.165, 1.54) is 18.4 Å². The SMILES string of the molecule is Clc1ccc(Sc2ccc(CNC3CC3)cc2Br)nc1. The average molecular weight is 370 g/mol. The van der Waals surface area contributed by atoms with Crippen LogP contribution in [-0.2, 0) is 6.54 Å². The highest BCUT2D eigenvalue weighted by atomic mass is 79.9. The molecule has 0 atom stereocenters. The molecule has 1 aromatic carbocycles. The molecule has 0 radical (unpaired) electrons. The third kappa shape index (κ3) is 3.98. The van der Waals surface area contributed by atoms with E-state index in [1.807, 2.05) is 12.1 Å². The van der Waals surface area contributed by atoms with Crippen LogP contribution in [-0.4, -0.2) is 11.0 Å². The fraction of sp³-hybridized carbons (Fsp3) is 0.267. The summed E-state index contributed by atoms with van der Waals surface area (Å²) in [6, 6.07) is 11.0. The van der Waals surface area contributed by atoms with Crippen molar-refractivity contribution in [1.29, 1.82) is 0 Å². The van der Waals surface area contributed by atoms with Crippen LogP contribution in [0.1, 0.15) is 18.4 Å². The molecule has 1 fully saturated rings. The molecule has 104 valence electrons. The highest BCUT2D eigenvalue weighted by Crippen LogP contribution is 2.33. The van der Waals surface area contributed by atoms with Crippen molar-refractivity contribution in [3.05, 3.63) is 51.6 Å². The molecule has 2 nitrogen and oxygen atoms in total. The van der Waals surface area contributed by atoms with Gasteiger partial charge in [0.25, 0.3) is 0 Å². The summed E-state index contributed by atoms with van der Waals surface area (Å²) in [7, 11) is 0. The third-order valence-electron chi connectivity index (χ3n) is 3.08. The first-order valence-corrected chi connectivity index (χ1v) is 8.51. The Morgan fingerprint density at radius 3 is 2.80 bits per heavy atom. The number of aromatic nitrogens is 1. The molecule has 1 aliphatic carbocycles. The second-order valence-electron chi connectivity index (χ2n) is 4.84. The molecule has 2 aromatic rings. The second kappa shape index (κ2) is 6.48. The van der Waals surface area contributed by atoms with Crippen molar-refractivity contribution < 1.29 is 0 Å². The van der Waals surface area contributed by atoms with Crippen molar-refractivity contribution in [2.75, 3.05) is 0 Å². The number of nitrogens with one attached hydrogen (secondary N) is 1. The second-order valence-corrected chi connectivity index (χ2v) is 7.19. The summed E-state index contributed by atoms with van der Waals surface area (Å²) < 4.78 is 1.11. The standard InChI is InChI=1S/C15H14BrClN2S/c16-13-7-10(8-18-12-3-4-12)1-5-14(13)20-15-6-2-11(17)9-19-15/h1-2,5-7,9,12,18H,3-4,8H2. The van der Waals surface area contributed by atoms with Crippen LogP contribution >= 0.6 is 39.3 Å². The smallest absolute Gasteiger partial charge is 0.101 e. The number of hydrogen-bond donors (Lipinski definition) is 1. The van der Waals surface area contributed by atoms with Crippen molar-refractivity contribution in [2.24, 2.45) is 0 Å². The fourth-order valence-electron chi connectivity index (χ4n) is 1.82. The third-order valence-corrected chi connectivity index (χ3v) is 5.25. The Kier molecular flexibility index (Phi) is 4.66. The quantitative estimate of drug-likeness (QED) is 0.811. The van der Waals surface area contributed by atoms with Gasteiger partial charge in [0.15, 0.2) is 0 Å². The Bertz CT molecular complexity index is 599. The number of nitrogens with zero attached hydrogens (tertiary/aromatic N) is 1. The molecule has 20 heavy (non-hydrogen) atoms. The summed E-state index contributed by atoms with van der Waals surface area (Å²) in [6.07, 6.45) is 4.31. The van der Waals surface area contributed by atoms with Crippen molar-refractivity contribution >= 4 is 39.3 Å².